The maximum absolute atomic E-state index is 11.0. The summed E-state index contributed by atoms with van der Waals surface area (Å²) in [5.74, 6) is 0. The average molecular weight is 302 g/mol. The molecule has 0 heterocycles. The standard InChI is InChI=1S/C12H12ClNO2S2/c1-17-12(18-2)8-11(14(15)16)7-9-3-5-10(13)6-4-9/h3-8H,1-2H3/b11-7+. The molecule has 1 aromatic carbocycles. The maximum Gasteiger partial charge on any atom is 0.271 e. The first-order valence-corrected chi connectivity index (χ1v) is 7.81. The molecule has 0 unspecified atom stereocenters. The fraction of sp³-hybridized carbons (Fsp3) is 0.167. The zero-order chi connectivity index (χ0) is 13.5. The number of hydrogen-bond donors (Lipinski definition) is 0. The molecule has 0 radical (unpaired) electrons. The van der Waals surface area contributed by atoms with Crippen molar-refractivity contribution in [3.05, 3.63) is 61.0 Å². The third-order valence-electron chi connectivity index (χ3n) is 2.06. The summed E-state index contributed by atoms with van der Waals surface area (Å²) in [5.41, 5.74) is 0.819. The van der Waals surface area contributed by atoms with E-state index in [-0.39, 0.29) is 10.6 Å². The molecule has 3 nitrogen and oxygen atoms in total. The predicted molar refractivity (Wildman–Crippen MR) is 81.5 cm³/mol. The van der Waals surface area contributed by atoms with Crippen LogP contribution in [0.1, 0.15) is 5.56 Å². The zero-order valence-electron chi connectivity index (χ0n) is 9.92. The molecule has 0 saturated heterocycles. The molecule has 18 heavy (non-hydrogen) atoms. The van der Waals surface area contributed by atoms with Gasteiger partial charge in [0, 0.05) is 21.4 Å². The van der Waals surface area contributed by atoms with Crippen LogP contribution < -0.4 is 0 Å². The van der Waals surface area contributed by atoms with Crippen LogP contribution in [0.5, 0.6) is 0 Å². The monoisotopic (exact) mass is 301 g/mol. The Kier molecular flexibility index (Phi) is 6.32. The van der Waals surface area contributed by atoms with Crippen molar-refractivity contribution in [2.45, 2.75) is 0 Å². The van der Waals surface area contributed by atoms with Gasteiger partial charge in [0.1, 0.15) is 0 Å². The van der Waals surface area contributed by atoms with Crippen LogP contribution in [0.3, 0.4) is 0 Å². The van der Waals surface area contributed by atoms with E-state index in [9.17, 15) is 10.1 Å². The molecule has 6 heteroatoms. The van der Waals surface area contributed by atoms with Crippen LogP contribution in [0.2, 0.25) is 5.02 Å². The summed E-state index contributed by atoms with van der Waals surface area (Å²) >= 11 is 8.74. The zero-order valence-corrected chi connectivity index (χ0v) is 12.3. The van der Waals surface area contributed by atoms with Crippen LogP contribution in [-0.2, 0) is 0 Å². The summed E-state index contributed by atoms with van der Waals surface area (Å²) < 4.78 is 0.895. The van der Waals surface area contributed by atoms with Crippen molar-refractivity contribution in [1.82, 2.24) is 0 Å². The summed E-state index contributed by atoms with van der Waals surface area (Å²) in [4.78, 5) is 10.6. The molecule has 0 aliphatic rings. The lowest BCUT2D eigenvalue weighted by atomic mass is 10.2. The third-order valence-corrected chi connectivity index (χ3v) is 4.36. The van der Waals surface area contributed by atoms with Crippen molar-refractivity contribution in [1.29, 1.82) is 0 Å². The fourth-order valence-corrected chi connectivity index (χ4v) is 2.47. The molecular formula is C12H12ClNO2S2. The molecule has 0 saturated carbocycles. The minimum atomic E-state index is -0.388. The highest BCUT2D eigenvalue weighted by atomic mass is 35.5. The fourth-order valence-electron chi connectivity index (χ4n) is 1.20. The van der Waals surface area contributed by atoms with E-state index in [1.165, 1.54) is 29.6 Å². The smallest absolute Gasteiger partial charge is 0.258 e. The summed E-state index contributed by atoms with van der Waals surface area (Å²) in [6.45, 7) is 0. The Balaban J connectivity index is 3.09. The summed E-state index contributed by atoms with van der Waals surface area (Å²) in [6, 6.07) is 6.91. The van der Waals surface area contributed by atoms with Crippen molar-refractivity contribution in [2.75, 3.05) is 12.5 Å². The number of hydrogen-bond acceptors (Lipinski definition) is 4. The lowest BCUT2D eigenvalue weighted by Gasteiger charge is -1.99. The van der Waals surface area contributed by atoms with Gasteiger partial charge < -0.3 is 0 Å². The Bertz CT molecular complexity index is 477. The van der Waals surface area contributed by atoms with E-state index in [1.807, 2.05) is 12.5 Å². The van der Waals surface area contributed by atoms with Gasteiger partial charge in [-0.25, -0.2) is 0 Å². The molecule has 0 amide bonds. The topological polar surface area (TPSA) is 43.1 Å². The van der Waals surface area contributed by atoms with Crippen molar-refractivity contribution in [3.63, 3.8) is 0 Å². The highest BCUT2D eigenvalue weighted by Crippen LogP contribution is 2.26. The molecule has 0 atom stereocenters. The molecule has 0 fully saturated rings. The van der Waals surface area contributed by atoms with Gasteiger partial charge in [-0.1, -0.05) is 23.7 Å². The van der Waals surface area contributed by atoms with Crippen LogP contribution in [0, 0.1) is 10.1 Å². The Hall–Kier alpha value is -0.910. The predicted octanol–water partition coefficient (Wildman–Crippen LogP) is 4.53. The lowest BCUT2D eigenvalue weighted by molar-refractivity contribution is -0.417. The second kappa shape index (κ2) is 7.51. The normalized spacial score (nSPS) is 11.2. The van der Waals surface area contributed by atoms with E-state index >= 15 is 0 Å². The first-order chi connectivity index (χ1) is 8.56. The highest BCUT2D eigenvalue weighted by Gasteiger charge is 2.09. The van der Waals surface area contributed by atoms with E-state index in [0.717, 1.165) is 9.80 Å². The SMILES string of the molecule is CSC(=C/C(=C\c1ccc(Cl)cc1)[N+](=O)[O-])SC. The van der Waals surface area contributed by atoms with Crippen molar-refractivity contribution in [3.8, 4) is 0 Å². The molecule has 1 rings (SSSR count). The van der Waals surface area contributed by atoms with E-state index in [4.69, 9.17) is 11.6 Å². The number of thioether (sulfide) groups is 2. The van der Waals surface area contributed by atoms with Crippen LogP contribution in [0.25, 0.3) is 6.08 Å². The second-order valence-corrected chi connectivity index (χ2v) is 5.64. The average Bonchev–Trinajstić information content (AvgIpc) is 2.36. The van der Waals surface area contributed by atoms with Crippen molar-refractivity contribution in [2.24, 2.45) is 0 Å². The Morgan fingerprint density at radius 3 is 2.28 bits per heavy atom. The minimum absolute atomic E-state index is 0.0658. The molecule has 0 bridgehead atoms. The number of allylic oxidation sites excluding steroid dienone is 1. The van der Waals surface area contributed by atoms with Crippen molar-refractivity contribution < 1.29 is 4.92 Å². The van der Waals surface area contributed by atoms with Gasteiger partial charge in [0.25, 0.3) is 5.70 Å². The van der Waals surface area contributed by atoms with Gasteiger partial charge >= 0.3 is 0 Å². The van der Waals surface area contributed by atoms with E-state index in [1.54, 1.807) is 30.3 Å². The molecule has 0 spiro atoms. The van der Waals surface area contributed by atoms with Crippen molar-refractivity contribution >= 4 is 41.2 Å². The van der Waals surface area contributed by atoms with Gasteiger partial charge in [-0.3, -0.25) is 10.1 Å². The van der Waals surface area contributed by atoms with Gasteiger partial charge in [-0.2, -0.15) is 0 Å². The Morgan fingerprint density at radius 1 is 1.28 bits per heavy atom. The van der Waals surface area contributed by atoms with Gasteiger partial charge in [0.15, 0.2) is 0 Å². The van der Waals surface area contributed by atoms with Crippen LogP contribution >= 0.6 is 35.1 Å². The maximum atomic E-state index is 11.0. The quantitative estimate of drug-likeness (QED) is 0.455. The first kappa shape index (κ1) is 15.1. The number of benzene rings is 1. The summed E-state index contributed by atoms with van der Waals surface area (Å²) in [7, 11) is 0. The number of nitrogens with zero attached hydrogens (tertiary/aromatic N) is 1. The molecular weight excluding hydrogens is 290 g/mol. The van der Waals surface area contributed by atoms with E-state index < -0.39 is 0 Å². The van der Waals surface area contributed by atoms with Crippen LogP contribution in [0.15, 0.2) is 40.3 Å². The highest BCUT2D eigenvalue weighted by molar-refractivity contribution is 8.21. The summed E-state index contributed by atoms with van der Waals surface area (Å²) in [5, 5.41) is 11.6. The number of rotatable bonds is 5. The van der Waals surface area contributed by atoms with Crippen LogP contribution in [-0.4, -0.2) is 17.4 Å². The van der Waals surface area contributed by atoms with Gasteiger partial charge in [0.05, 0.1) is 4.92 Å². The molecule has 0 aliphatic heterocycles. The Morgan fingerprint density at radius 2 is 1.83 bits per heavy atom. The van der Waals surface area contributed by atoms with Gasteiger partial charge in [0.2, 0.25) is 0 Å². The van der Waals surface area contributed by atoms with Crippen LogP contribution in [0.4, 0.5) is 0 Å². The third kappa shape index (κ3) is 4.76. The first-order valence-electron chi connectivity index (χ1n) is 4.98. The second-order valence-electron chi connectivity index (χ2n) is 3.25. The van der Waals surface area contributed by atoms with E-state index in [2.05, 4.69) is 0 Å². The summed E-state index contributed by atoms with van der Waals surface area (Å²) in [6.07, 6.45) is 6.89. The number of nitro groups is 1. The molecule has 0 aromatic heterocycles. The lowest BCUT2D eigenvalue weighted by Crippen LogP contribution is -1.95. The van der Waals surface area contributed by atoms with Gasteiger partial charge in [-0.15, -0.1) is 23.5 Å². The number of halogens is 1. The molecule has 0 N–H and O–H groups in total. The van der Waals surface area contributed by atoms with E-state index in [0.29, 0.717) is 5.02 Å². The molecule has 1 aromatic rings. The largest absolute Gasteiger partial charge is 0.271 e. The molecule has 0 aliphatic carbocycles. The van der Waals surface area contributed by atoms with Gasteiger partial charge in [-0.05, 0) is 30.2 Å². The Labute approximate surface area is 119 Å². The molecule has 96 valence electrons. The minimum Gasteiger partial charge on any atom is -0.258 e.